The molecule has 0 bridgehead atoms. The van der Waals surface area contributed by atoms with Gasteiger partial charge in [-0.1, -0.05) is 20.8 Å². The van der Waals surface area contributed by atoms with Crippen LogP contribution in [0.1, 0.15) is 92.9 Å². The number of ether oxygens (including phenoxy) is 2. The van der Waals surface area contributed by atoms with Gasteiger partial charge in [-0.2, -0.15) is 0 Å². The molecule has 0 aromatic rings. The van der Waals surface area contributed by atoms with Crippen LogP contribution in [0.3, 0.4) is 0 Å². The molecule has 0 unspecified atom stereocenters. The maximum Gasteiger partial charge on any atom is 0.164 e. The molecule has 4 fully saturated rings. The van der Waals surface area contributed by atoms with Crippen LogP contribution in [0.25, 0.3) is 0 Å². The van der Waals surface area contributed by atoms with Gasteiger partial charge in [0.2, 0.25) is 0 Å². The number of ketones is 1. The number of allylic oxidation sites excluding steroid dienone is 1. The summed E-state index contributed by atoms with van der Waals surface area (Å²) in [5.41, 5.74) is -1.88. The predicted octanol–water partition coefficient (Wildman–Crippen LogP) is 3.51. The average Bonchev–Trinajstić information content (AvgIpc) is 3.23. The Kier molecular flexibility index (Phi) is 6.62. The second-order valence-electron chi connectivity index (χ2n) is 14.3. The van der Waals surface area contributed by atoms with Crippen molar-refractivity contribution in [1.82, 2.24) is 0 Å². The summed E-state index contributed by atoms with van der Waals surface area (Å²) in [5, 5.41) is 43.0. The lowest BCUT2D eigenvalue weighted by molar-refractivity contribution is -0.191. The van der Waals surface area contributed by atoms with Gasteiger partial charge in [-0.05, 0) is 107 Å². The lowest BCUT2D eigenvalue weighted by atomic mass is 9.45. The molecule has 0 aromatic carbocycles. The summed E-state index contributed by atoms with van der Waals surface area (Å²) in [5.74, 6) is -0.879. The summed E-state index contributed by atoms with van der Waals surface area (Å²) < 4.78 is 13.2. The van der Waals surface area contributed by atoms with E-state index in [1.807, 2.05) is 20.8 Å². The molecule has 7 nitrogen and oxygen atoms in total. The Balaban J connectivity index is 1.50. The summed E-state index contributed by atoms with van der Waals surface area (Å²) in [6.07, 6.45) is 5.05. The largest absolute Gasteiger partial charge is 0.396 e. The van der Waals surface area contributed by atoms with Crippen molar-refractivity contribution >= 4 is 5.78 Å². The third kappa shape index (κ3) is 3.93. The van der Waals surface area contributed by atoms with Crippen molar-refractivity contribution in [3.8, 4) is 0 Å². The van der Waals surface area contributed by atoms with Crippen molar-refractivity contribution in [1.29, 1.82) is 0 Å². The number of rotatable bonds is 5. The molecule has 11 atom stereocenters. The maximum absolute atomic E-state index is 13.4. The predicted molar refractivity (Wildman–Crippen MR) is 138 cm³/mol. The fraction of sp³-hybridized carbons (Fsp3) is 0.900. The Hall–Kier alpha value is -0.830. The molecular weight excluding hydrogens is 472 g/mol. The molecule has 4 N–H and O–H groups in total. The minimum Gasteiger partial charge on any atom is -0.396 e. The minimum atomic E-state index is -1.13. The van der Waals surface area contributed by atoms with E-state index in [-0.39, 0.29) is 48.6 Å². The quantitative estimate of drug-likeness (QED) is 0.438. The third-order valence-electron chi connectivity index (χ3n) is 11.6. The third-order valence-corrected chi connectivity index (χ3v) is 11.6. The first-order chi connectivity index (χ1) is 17.1. The van der Waals surface area contributed by atoms with E-state index in [4.69, 9.17) is 9.47 Å². The number of hydrogen-bond donors (Lipinski definition) is 4. The average molecular weight is 521 g/mol. The topological polar surface area (TPSA) is 116 Å². The number of aliphatic hydroxyl groups is 4. The van der Waals surface area contributed by atoms with Crippen LogP contribution in [-0.2, 0) is 14.3 Å². The molecule has 4 aliphatic carbocycles. The smallest absolute Gasteiger partial charge is 0.164 e. The molecule has 210 valence electrons. The summed E-state index contributed by atoms with van der Waals surface area (Å²) in [6.45, 7) is 12.5. The second kappa shape index (κ2) is 8.84. The van der Waals surface area contributed by atoms with Gasteiger partial charge in [-0.3, -0.25) is 4.79 Å². The second-order valence-corrected chi connectivity index (χ2v) is 14.3. The Morgan fingerprint density at radius 1 is 1.05 bits per heavy atom. The summed E-state index contributed by atoms with van der Waals surface area (Å²) >= 11 is 0. The highest BCUT2D eigenvalue weighted by Gasteiger charge is 2.71. The van der Waals surface area contributed by atoms with Gasteiger partial charge in [-0.25, -0.2) is 0 Å². The van der Waals surface area contributed by atoms with Crippen LogP contribution in [0.2, 0.25) is 0 Å². The molecule has 3 saturated carbocycles. The van der Waals surface area contributed by atoms with Gasteiger partial charge in [0.05, 0.1) is 29.5 Å². The van der Waals surface area contributed by atoms with Crippen molar-refractivity contribution in [3.63, 3.8) is 0 Å². The fourth-order valence-corrected chi connectivity index (χ4v) is 9.54. The highest BCUT2D eigenvalue weighted by Crippen LogP contribution is 2.69. The molecule has 37 heavy (non-hydrogen) atoms. The van der Waals surface area contributed by atoms with E-state index in [2.05, 4.69) is 20.8 Å². The zero-order chi connectivity index (χ0) is 27.2. The standard InChI is InChI=1S/C30H48O7/c1-17(16-31)7-8-25-29(6,37-26(2,3)36-25)24-10-12-30(35)19-13-21(32)20-14-22(33)23(34)15-27(20,4)18(19)9-11-28(24,30)5/h13,17-18,20,22-25,31,33-35H,7-12,14-16H2,1-6H3/t17-,18-,20-,22+,23-,24-,25+,27+,28+,29+,30+/m0/s1. The Bertz CT molecular complexity index is 962. The van der Waals surface area contributed by atoms with Crippen molar-refractivity contribution in [2.75, 3.05) is 6.61 Å². The first-order valence-electron chi connectivity index (χ1n) is 14.4. The van der Waals surface area contributed by atoms with Crippen molar-refractivity contribution in [2.24, 2.45) is 34.5 Å². The van der Waals surface area contributed by atoms with Crippen LogP contribution in [-0.4, -0.2) is 68.1 Å². The van der Waals surface area contributed by atoms with E-state index in [9.17, 15) is 25.2 Å². The van der Waals surface area contributed by atoms with Crippen LogP contribution in [0, 0.1) is 34.5 Å². The van der Waals surface area contributed by atoms with Crippen molar-refractivity contribution < 1.29 is 34.7 Å². The van der Waals surface area contributed by atoms with E-state index in [0.717, 1.165) is 37.7 Å². The van der Waals surface area contributed by atoms with Crippen LogP contribution >= 0.6 is 0 Å². The number of aliphatic hydroxyl groups excluding tert-OH is 3. The lowest BCUT2D eigenvalue weighted by Gasteiger charge is -2.60. The van der Waals surface area contributed by atoms with Gasteiger partial charge in [-0.15, -0.1) is 0 Å². The summed E-state index contributed by atoms with van der Waals surface area (Å²) in [4.78, 5) is 13.4. The Labute approximate surface area is 221 Å². The molecule has 1 saturated heterocycles. The lowest BCUT2D eigenvalue weighted by Crippen LogP contribution is -2.62. The zero-order valence-electron chi connectivity index (χ0n) is 23.5. The van der Waals surface area contributed by atoms with E-state index < -0.39 is 40.0 Å². The number of fused-ring (bicyclic) bond motifs is 5. The SMILES string of the molecule is C[C@H](CO)CC[C@H]1OC(C)(C)O[C@]1(C)[C@H]1CC[C@@]2(O)C3=CC(=O)[C@@H]4C[C@@H](O)[C@@H](O)C[C@]4(C)[C@H]3CC[C@]12C. The van der Waals surface area contributed by atoms with Gasteiger partial charge in [0.25, 0.3) is 0 Å². The molecule has 1 aliphatic heterocycles. The summed E-state index contributed by atoms with van der Waals surface area (Å²) in [6, 6.07) is 0. The van der Waals surface area contributed by atoms with E-state index in [1.165, 1.54) is 0 Å². The van der Waals surface area contributed by atoms with E-state index in [0.29, 0.717) is 12.8 Å². The van der Waals surface area contributed by atoms with Crippen molar-refractivity contribution in [3.05, 3.63) is 11.6 Å². The number of hydrogen-bond acceptors (Lipinski definition) is 7. The van der Waals surface area contributed by atoms with Crippen LogP contribution in [0.5, 0.6) is 0 Å². The van der Waals surface area contributed by atoms with Gasteiger partial charge in [0.15, 0.2) is 11.6 Å². The van der Waals surface area contributed by atoms with Gasteiger partial charge < -0.3 is 29.9 Å². The molecule has 0 spiro atoms. The first-order valence-corrected chi connectivity index (χ1v) is 14.4. The summed E-state index contributed by atoms with van der Waals surface area (Å²) in [7, 11) is 0. The molecule has 1 heterocycles. The Morgan fingerprint density at radius 2 is 1.76 bits per heavy atom. The van der Waals surface area contributed by atoms with Crippen LogP contribution in [0.15, 0.2) is 11.6 Å². The van der Waals surface area contributed by atoms with Gasteiger partial charge in [0.1, 0.15) is 0 Å². The van der Waals surface area contributed by atoms with E-state index in [1.54, 1.807) is 6.08 Å². The molecule has 0 aromatic heterocycles. The zero-order valence-corrected chi connectivity index (χ0v) is 23.5. The molecule has 5 aliphatic rings. The van der Waals surface area contributed by atoms with Crippen LogP contribution in [0.4, 0.5) is 0 Å². The number of carbonyl (C=O) groups excluding carboxylic acids is 1. The first kappa shape index (κ1) is 27.7. The van der Waals surface area contributed by atoms with Gasteiger partial charge >= 0.3 is 0 Å². The highest BCUT2D eigenvalue weighted by atomic mass is 16.8. The molecule has 0 radical (unpaired) electrons. The van der Waals surface area contributed by atoms with Gasteiger partial charge in [0, 0.05) is 17.9 Å². The van der Waals surface area contributed by atoms with Crippen LogP contribution < -0.4 is 0 Å². The minimum absolute atomic E-state index is 0.000342. The van der Waals surface area contributed by atoms with E-state index >= 15 is 0 Å². The molecule has 0 amide bonds. The monoisotopic (exact) mass is 520 g/mol. The normalized spacial score (nSPS) is 51.7. The number of carbonyl (C=O) groups is 1. The fourth-order valence-electron chi connectivity index (χ4n) is 9.54. The molecule has 7 heteroatoms. The molecular formula is C30H48O7. The maximum atomic E-state index is 13.4. The highest BCUT2D eigenvalue weighted by molar-refractivity contribution is 5.95. The Morgan fingerprint density at radius 3 is 2.43 bits per heavy atom. The van der Waals surface area contributed by atoms with Crippen molar-refractivity contribution in [2.45, 2.75) is 128 Å². The molecule has 5 rings (SSSR count).